The predicted octanol–water partition coefficient (Wildman–Crippen LogP) is 2.99. The SMILES string of the molecule is CC1=C/C(=C\C=C\c2ccccc2)C2N[B]OC2=C1. The minimum atomic E-state index is 0.157. The molecule has 2 nitrogen and oxygen atoms in total. The Morgan fingerprint density at radius 3 is 2.89 bits per heavy atom. The summed E-state index contributed by atoms with van der Waals surface area (Å²) in [5, 5.41) is 3.22. The third-order valence-corrected chi connectivity index (χ3v) is 3.19. The highest BCUT2D eigenvalue weighted by Crippen LogP contribution is 2.26. The molecule has 1 aromatic carbocycles. The normalized spacial score (nSPS) is 23.6. The highest BCUT2D eigenvalue weighted by Gasteiger charge is 2.28. The molecule has 0 spiro atoms. The zero-order chi connectivity index (χ0) is 13.1. The monoisotopic (exact) mass is 248 g/mol. The molecular weight excluding hydrogens is 233 g/mol. The second kappa shape index (κ2) is 5.33. The van der Waals surface area contributed by atoms with E-state index in [-0.39, 0.29) is 6.04 Å². The third-order valence-electron chi connectivity index (χ3n) is 3.19. The van der Waals surface area contributed by atoms with Crippen molar-refractivity contribution in [2.45, 2.75) is 13.0 Å². The van der Waals surface area contributed by atoms with Gasteiger partial charge >= 0.3 is 7.62 Å². The molecule has 1 aromatic rings. The van der Waals surface area contributed by atoms with E-state index in [9.17, 15) is 0 Å². The summed E-state index contributed by atoms with van der Waals surface area (Å²) < 4.78 is 5.44. The van der Waals surface area contributed by atoms with E-state index in [4.69, 9.17) is 4.65 Å². The van der Waals surface area contributed by atoms with Crippen molar-refractivity contribution in [2.24, 2.45) is 0 Å². The van der Waals surface area contributed by atoms with Crippen LogP contribution in [0.2, 0.25) is 0 Å². The quantitative estimate of drug-likeness (QED) is 0.812. The van der Waals surface area contributed by atoms with Crippen LogP contribution < -0.4 is 5.23 Å². The van der Waals surface area contributed by atoms with E-state index in [1.165, 1.54) is 16.7 Å². The van der Waals surface area contributed by atoms with E-state index in [0.717, 1.165) is 5.76 Å². The molecule has 1 N–H and O–H groups in total. The van der Waals surface area contributed by atoms with Gasteiger partial charge in [0.25, 0.3) is 0 Å². The van der Waals surface area contributed by atoms with Gasteiger partial charge in [0.15, 0.2) is 0 Å². The predicted molar refractivity (Wildman–Crippen MR) is 79.2 cm³/mol. The Bertz CT molecular complexity index is 584. The van der Waals surface area contributed by atoms with Crippen molar-refractivity contribution in [3.05, 3.63) is 77.1 Å². The summed E-state index contributed by atoms with van der Waals surface area (Å²) in [4.78, 5) is 0. The van der Waals surface area contributed by atoms with Gasteiger partial charge in [-0.15, -0.1) is 0 Å². The maximum absolute atomic E-state index is 5.44. The van der Waals surface area contributed by atoms with Gasteiger partial charge in [-0.25, -0.2) is 0 Å². The van der Waals surface area contributed by atoms with E-state index >= 15 is 0 Å². The maximum Gasteiger partial charge on any atom is 0.478 e. The van der Waals surface area contributed by atoms with Crippen LogP contribution in [0.3, 0.4) is 0 Å². The highest BCUT2D eigenvalue weighted by atomic mass is 16.4. The van der Waals surface area contributed by atoms with Crippen LogP contribution in [0.5, 0.6) is 0 Å². The van der Waals surface area contributed by atoms with Crippen LogP contribution in [0.15, 0.2) is 71.5 Å². The van der Waals surface area contributed by atoms with Crippen LogP contribution >= 0.6 is 0 Å². The molecule has 1 atom stereocenters. The molecule has 1 fully saturated rings. The number of benzene rings is 1. The molecule has 3 rings (SSSR count). The topological polar surface area (TPSA) is 21.3 Å². The van der Waals surface area contributed by atoms with Gasteiger partial charge in [-0.1, -0.05) is 54.6 Å². The van der Waals surface area contributed by atoms with Crippen molar-refractivity contribution in [2.75, 3.05) is 0 Å². The molecule has 1 saturated heterocycles. The number of rotatable bonds is 2. The lowest BCUT2D eigenvalue weighted by molar-refractivity contribution is 0.462. The van der Waals surface area contributed by atoms with Crippen molar-refractivity contribution in [1.82, 2.24) is 5.23 Å². The summed E-state index contributed by atoms with van der Waals surface area (Å²) >= 11 is 0. The van der Waals surface area contributed by atoms with E-state index in [2.05, 4.69) is 54.7 Å². The summed E-state index contributed by atoms with van der Waals surface area (Å²) in [5.74, 6) is 0.972. The van der Waals surface area contributed by atoms with Crippen molar-refractivity contribution in [1.29, 1.82) is 0 Å². The number of hydrogen-bond acceptors (Lipinski definition) is 2. The molecule has 0 amide bonds. The van der Waals surface area contributed by atoms with Crippen LogP contribution in [-0.2, 0) is 4.65 Å². The highest BCUT2D eigenvalue weighted by molar-refractivity contribution is 6.26. The summed E-state index contributed by atoms with van der Waals surface area (Å²) in [7, 11) is 1.65. The Labute approximate surface area is 114 Å². The molecule has 0 saturated carbocycles. The molecule has 1 heterocycles. The zero-order valence-electron chi connectivity index (χ0n) is 10.8. The molecule has 1 unspecified atom stereocenters. The number of nitrogens with one attached hydrogen (secondary N) is 1. The molecule has 2 aliphatic rings. The molecule has 93 valence electrons. The van der Waals surface area contributed by atoms with Crippen LogP contribution in [-0.4, -0.2) is 13.7 Å². The third kappa shape index (κ3) is 2.71. The Hall–Kier alpha value is -2.00. The Morgan fingerprint density at radius 1 is 1.21 bits per heavy atom. The molecule has 1 aliphatic heterocycles. The summed E-state index contributed by atoms with van der Waals surface area (Å²) in [5.41, 5.74) is 3.63. The Morgan fingerprint density at radius 2 is 2.05 bits per heavy atom. The van der Waals surface area contributed by atoms with Crippen LogP contribution in [0.4, 0.5) is 0 Å². The van der Waals surface area contributed by atoms with E-state index in [0.29, 0.717) is 0 Å². The minimum Gasteiger partial charge on any atom is -0.550 e. The van der Waals surface area contributed by atoms with Gasteiger partial charge in [-0.2, -0.15) is 0 Å². The van der Waals surface area contributed by atoms with E-state index in [1.54, 1.807) is 7.62 Å². The minimum absolute atomic E-state index is 0.157. The van der Waals surface area contributed by atoms with Gasteiger partial charge in [0.2, 0.25) is 0 Å². The first-order chi connectivity index (χ1) is 9.33. The first-order valence-electron chi connectivity index (χ1n) is 6.40. The second-order valence-electron chi connectivity index (χ2n) is 4.71. The number of allylic oxidation sites excluding steroid dienone is 4. The lowest BCUT2D eigenvalue weighted by Crippen LogP contribution is -2.27. The zero-order valence-corrected chi connectivity index (χ0v) is 10.8. The fourth-order valence-electron chi connectivity index (χ4n) is 2.29. The van der Waals surface area contributed by atoms with Gasteiger partial charge in [-0.3, -0.25) is 0 Å². The standard InChI is InChI=1S/C16H15BNO/c1-12-10-14(16-15(11-12)19-17-18-16)9-5-8-13-6-3-2-4-7-13/h2-11,16,18H,1H3/b8-5+,14-9+. The summed E-state index contributed by atoms with van der Waals surface area (Å²) in [6.07, 6.45) is 10.6. The fourth-order valence-corrected chi connectivity index (χ4v) is 2.29. The lowest BCUT2D eigenvalue weighted by atomic mass is 9.96. The van der Waals surface area contributed by atoms with Crippen LogP contribution in [0, 0.1) is 0 Å². The Balaban J connectivity index is 1.80. The van der Waals surface area contributed by atoms with Crippen molar-refractivity contribution >= 4 is 13.7 Å². The molecule has 1 aliphatic carbocycles. The number of fused-ring (bicyclic) bond motifs is 1. The first-order valence-corrected chi connectivity index (χ1v) is 6.40. The average molecular weight is 248 g/mol. The van der Waals surface area contributed by atoms with Gasteiger partial charge in [0.1, 0.15) is 0 Å². The summed E-state index contributed by atoms with van der Waals surface area (Å²) in [6, 6.07) is 10.4. The van der Waals surface area contributed by atoms with Crippen LogP contribution in [0.1, 0.15) is 12.5 Å². The van der Waals surface area contributed by atoms with E-state index in [1.807, 2.05) is 18.2 Å². The van der Waals surface area contributed by atoms with Gasteiger partial charge in [0.05, 0.1) is 11.8 Å². The molecule has 3 heteroatoms. The van der Waals surface area contributed by atoms with Crippen molar-refractivity contribution in [3.8, 4) is 0 Å². The number of hydrogen-bond donors (Lipinski definition) is 1. The summed E-state index contributed by atoms with van der Waals surface area (Å²) in [6.45, 7) is 2.08. The first kappa shape index (κ1) is 12.1. The van der Waals surface area contributed by atoms with Gasteiger partial charge < -0.3 is 9.88 Å². The van der Waals surface area contributed by atoms with Crippen molar-refractivity contribution < 1.29 is 4.65 Å². The van der Waals surface area contributed by atoms with Crippen molar-refractivity contribution in [3.63, 3.8) is 0 Å². The molecule has 1 radical (unpaired) electrons. The van der Waals surface area contributed by atoms with Gasteiger partial charge in [0, 0.05) is 0 Å². The van der Waals surface area contributed by atoms with Gasteiger partial charge in [-0.05, 0) is 29.7 Å². The largest absolute Gasteiger partial charge is 0.550 e. The smallest absolute Gasteiger partial charge is 0.478 e. The molecule has 19 heavy (non-hydrogen) atoms. The maximum atomic E-state index is 5.44. The lowest BCUT2D eigenvalue weighted by Gasteiger charge is -2.17. The fraction of sp³-hybridized carbons (Fsp3) is 0.125. The van der Waals surface area contributed by atoms with E-state index < -0.39 is 0 Å². The molecular formula is C16H15BNO. The second-order valence-corrected chi connectivity index (χ2v) is 4.71. The van der Waals surface area contributed by atoms with Crippen LogP contribution in [0.25, 0.3) is 6.08 Å². The molecule has 0 aromatic heterocycles. The molecule has 0 bridgehead atoms. The average Bonchev–Trinajstić information content (AvgIpc) is 2.88. The Kier molecular flexibility index (Phi) is 3.38.